The van der Waals surface area contributed by atoms with E-state index in [0.29, 0.717) is 26.0 Å². The maximum Gasteiger partial charge on any atom is 0.506 e. The Hall–Kier alpha value is -2.75. The highest BCUT2D eigenvalue weighted by molar-refractivity contribution is 5.86. The number of β-amino-alcohol motifs (C(OH)–C–C–N with tert-alkyl or cyclic N) is 2. The fourth-order valence-electron chi connectivity index (χ4n) is 7.50. The van der Waals surface area contributed by atoms with Gasteiger partial charge < -0.3 is 30.0 Å². The van der Waals surface area contributed by atoms with E-state index in [1.165, 1.54) is 70.6 Å². The summed E-state index contributed by atoms with van der Waals surface area (Å²) in [7, 11) is 0. The van der Waals surface area contributed by atoms with Crippen molar-refractivity contribution in [3.63, 3.8) is 0 Å². The minimum atomic E-state index is -0.852. The zero-order valence-corrected chi connectivity index (χ0v) is 35.6. The molecule has 2 aliphatic heterocycles. The van der Waals surface area contributed by atoms with Crippen LogP contribution in [0.3, 0.4) is 0 Å². The summed E-state index contributed by atoms with van der Waals surface area (Å²) < 4.78 is 5.82. The van der Waals surface area contributed by atoms with Gasteiger partial charge in [-0.05, 0) is 77.0 Å². The van der Waals surface area contributed by atoms with Gasteiger partial charge in [0, 0.05) is 44.9 Å². The number of amides is 2. The fourth-order valence-corrected chi connectivity index (χ4v) is 7.50. The first kappa shape index (κ1) is 49.4. The third-order valence-corrected chi connectivity index (χ3v) is 10.9. The average molecular weight is 785 g/mol. The molecule has 2 heterocycles. The normalized spacial score (nSPS) is 20.5. The molecule has 4 atom stereocenters. The summed E-state index contributed by atoms with van der Waals surface area (Å²) in [5.74, 6) is -0.379. The molecule has 0 aliphatic carbocycles. The summed E-state index contributed by atoms with van der Waals surface area (Å²) in [4.78, 5) is 40.8. The lowest BCUT2D eigenvalue weighted by molar-refractivity contribution is -0.132. The standard InChI is InChI=1S/C47H81N3O6/c1-3-5-7-9-11-13-15-17-19-21-23-25-27-29-31-33-35-56-47(55)42-36-41(48-45(53)40-49-38-43(51)44(52)39-49)37-50(42)46(54)34-32-30-28-26-24-22-20-18-16-14-12-10-8-6-4-2/h11-14,17-20,41-44,51-52H,3-10,15-16,21-40H2,1-2H3,(H,48,53)/p+1/b13-11-,14-12-,19-17-,20-18-. The van der Waals surface area contributed by atoms with Crippen LogP contribution in [0.1, 0.15) is 174 Å². The molecule has 56 heavy (non-hydrogen) atoms. The van der Waals surface area contributed by atoms with Gasteiger partial charge in [0.1, 0.15) is 0 Å². The number of carbonyl (C=O) groups excluding carboxylic acids is 3. The molecule has 0 bridgehead atoms. The van der Waals surface area contributed by atoms with Gasteiger partial charge in [0.2, 0.25) is 11.8 Å². The van der Waals surface area contributed by atoms with Gasteiger partial charge in [-0.15, -0.1) is 0 Å². The number of rotatable bonds is 33. The molecular formula is C47H82N3O6+. The second-order valence-electron chi connectivity index (χ2n) is 16.1. The van der Waals surface area contributed by atoms with E-state index < -0.39 is 18.2 Å². The highest BCUT2D eigenvalue weighted by Gasteiger charge is 2.45. The van der Waals surface area contributed by atoms with Gasteiger partial charge in [0.05, 0.1) is 18.8 Å². The number of ether oxygens (including phenoxy) is 1. The van der Waals surface area contributed by atoms with Crippen LogP contribution in [0, 0.1) is 0 Å². The molecule has 2 fully saturated rings. The lowest BCUT2D eigenvalue weighted by Crippen LogP contribution is -2.44. The molecule has 9 nitrogen and oxygen atoms in total. The maximum absolute atomic E-state index is 13.5. The van der Waals surface area contributed by atoms with Crippen LogP contribution in [-0.4, -0.2) is 99.7 Å². The zero-order chi connectivity index (χ0) is 40.5. The number of esters is 1. The van der Waals surface area contributed by atoms with Crippen LogP contribution < -0.4 is 5.32 Å². The summed E-state index contributed by atoms with van der Waals surface area (Å²) in [5, 5.41) is 22.7. The summed E-state index contributed by atoms with van der Waals surface area (Å²) in [5.41, 5.74) is 0. The molecule has 0 radical (unpaired) electrons. The first-order chi connectivity index (χ1) is 27.3. The van der Waals surface area contributed by atoms with E-state index in [2.05, 4.69) is 67.8 Å². The Bertz CT molecular complexity index is 1140. The molecule has 2 amide bonds. The van der Waals surface area contributed by atoms with Gasteiger partial charge in [0.25, 0.3) is 0 Å². The minimum absolute atomic E-state index is 0.0212. The van der Waals surface area contributed by atoms with Crippen molar-refractivity contribution in [2.75, 3.05) is 32.8 Å². The predicted octanol–water partition coefficient (Wildman–Crippen LogP) is 9.26. The maximum atomic E-state index is 13.5. The van der Waals surface area contributed by atoms with E-state index in [1.807, 2.05) is 0 Å². The highest BCUT2D eigenvalue weighted by Crippen LogP contribution is 2.22. The molecule has 9 heteroatoms. The molecule has 0 aromatic heterocycles. The van der Waals surface area contributed by atoms with Crippen molar-refractivity contribution >= 4 is 17.8 Å². The Morgan fingerprint density at radius 1 is 0.643 bits per heavy atom. The third kappa shape index (κ3) is 24.1. The number of allylic oxidation sites excluding steroid dienone is 8. The first-order valence-corrected chi connectivity index (χ1v) is 22.8. The number of unbranched alkanes of at least 4 members (excludes halogenated alkanes) is 17. The highest BCUT2D eigenvalue weighted by atomic mass is 16.5. The number of hydrogen-bond donors (Lipinski definition) is 3. The van der Waals surface area contributed by atoms with E-state index in [9.17, 15) is 24.6 Å². The first-order valence-electron chi connectivity index (χ1n) is 22.8. The van der Waals surface area contributed by atoms with Crippen molar-refractivity contribution in [1.82, 2.24) is 15.1 Å². The lowest BCUT2D eigenvalue weighted by atomic mass is 10.1. The predicted molar refractivity (Wildman–Crippen MR) is 232 cm³/mol. The van der Waals surface area contributed by atoms with Crippen LogP contribution in [0.2, 0.25) is 0 Å². The molecule has 0 saturated carbocycles. The van der Waals surface area contributed by atoms with Gasteiger partial charge >= 0.3 is 5.97 Å². The molecule has 0 spiro atoms. The van der Waals surface area contributed by atoms with Gasteiger partial charge in [-0.3, -0.25) is 14.5 Å². The number of aliphatic hydroxyl groups is 2. The van der Waals surface area contributed by atoms with Gasteiger partial charge in [-0.2, -0.15) is 0 Å². The van der Waals surface area contributed by atoms with Crippen molar-refractivity contribution in [2.24, 2.45) is 0 Å². The second kappa shape index (κ2) is 33.2. The van der Waals surface area contributed by atoms with E-state index in [4.69, 9.17) is 4.74 Å². The van der Waals surface area contributed by atoms with E-state index >= 15 is 0 Å². The van der Waals surface area contributed by atoms with Crippen LogP contribution in [0.25, 0.3) is 0 Å². The smallest absolute Gasteiger partial charge is 0.389 e. The van der Waals surface area contributed by atoms with Gasteiger partial charge in [0.15, 0.2) is 12.6 Å². The molecule has 4 N–H and O–H groups in total. The number of nitrogens with one attached hydrogen (secondary N) is 1. The van der Waals surface area contributed by atoms with Crippen molar-refractivity contribution in [3.05, 3.63) is 48.6 Å². The molecule has 4 unspecified atom stereocenters. The molecule has 2 rings (SSSR count). The molecule has 0 aromatic rings. The van der Waals surface area contributed by atoms with Crippen LogP contribution in [-0.2, 0) is 14.3 Å². The zero-order valence-electron chi connectivity index (χ0n) is 35.6. The summed E-state index contributed by atoms with van der Waals surface area (Å²) in [6, 6.07) is -0.906. The Balaban J connectivity index is 1.67. The largest absolute Gasteiger partial charge is 0.506 e. The Kier molecular flexibility index (Phi) is 29.3. The monoisotopic (exact) mass is 785 g/mol. The van der Waals surface area contributed by atoms with Crippen LogP contribution in [0.4, 0.5) is 0 Å². The number of carbonyl (C=O) groups is 2. The number of likely N-dealkylation sites (tertiary alicyclic amines) is 2. The van der Waals surface area contributed by atoms with Crippen molar-refractivity contribution < 1.29 is 29.3 Å². The number of nitrogens with zero attached hydrogens (tertiary/aromatic N) is 2. The summed E-state index contributed by atoms with van der Waals surface area (Å²) in [6.45, 7) is 5.75. The van der Waals surface area contributed by atoms with Gasteiger partial charge in [-0.1, -0.05) is 127 Å². The molecule has 320 valence electrons. The second-order valence-corrected chi connectivity index (χ2v) is 16.1. The summed E-state index contributed by atoms with van der Waals surface area (Å²) in [6.07, 6.45) is 43.5. The van der Waals surface area contributed by atoms with Crippen LogP contribution >= 0.6 is 0 Å². The Labute approximate surface area is 341 Å². The van der Waals surface area contributed by atoms with Crippen molar-refractivity contribution in [3.8, 4) is 0 Å². The minimum Gasteiger partial charge on any atom is -0.389 e. The summed E-state index contributed by atoms with van der Waals surface area (Å²) >= 11 is 0. The van der Waals surface area contributed by atoms with E-state index in [1.54, 1.807) is 9.80 Å². The van der Waals surface area contributed by atoms with Crippen molar-refractivity contribution in [1.29, 1.82) is 0 Å². The molecule has 0 aromatic carbocycles. The SMILES string of the molecule is CCCCC/C=C\C/C=C\CCCCCCCCOC(=[OH+])C1CC(NC(=O)CN2CC(O)C(O)C2)CN1C(=O)CCCCCCC/C=C\C/C=C\CCCCC. The van der Waals surface area contributed by atoms with Crippen LogP contribution in [0.15, 0.2) is 48.6 Å². The third-order valence-electron chi connectivity index (χ3n) is 10.9. The lowest BCUT2D eigenvalue weighted by Gasteiger charge is -2.20. The fraction of sp³-hybridized carbons (Fsp3) is 0.766. The number of aliphatic hydroxyl groups excluding tert-OH is 2. The average Bonchev–Trinajstić information content (AvgIpc) is 3.75. The van der Waals surface area contributed by atoms with Gasteiger partial charge in [-0.25, -0.2) is 0 Å². The van der Waals surface area contributed by atoms with E-state index in [0.717, 1.165) is 77.0 Å². The Morgan fingerprint density at radius 3 is 1.62 bits per heavy atom. The topological polar surface area (TPSA) is 124 Å². The quantitative estimate of drug-likeness (QED) is 0.0264. The Morgan fingerprint density at radius 2 is 1.11 bits per heavy atom. The molecule has 2 saturated heterocycles. The molecule has 2 aliphatic rings. The number of hydrogen-bond acceptors (Lipinski definition) is 6. The van der Waals surface area contributed by atoms with E-state index in [-0.39, 0.29) is 43.5 Å². The van der Waals surface area contributed by atoms with Crippen molar-refractivity contribution in [2.45, 2.75) is 199 Å². The van der Waals surface area contributed by atoms with Crippen LogP contribution in [0.5, 0.6) is 0 Å². The molecular weight excluding hydrogens is 703 g/mol.